The number of rotatable bonds is 9. The minimum atomic E-state index is -3.91. The lowest BCUT2D eigenvalue weighted by atomic mass is 10.1. The van der Waals surface area contributed by atoms with E-state index in [4.69, 9.17) is 54.3 Å². The Morgan fingerprint density at radius 3 is 2.66 bits per heavy atom. The van der Waals surface area contributed by atoms with Gasteiger partial charge in [-0.25, -0.2) is 14.4 Å². The zero-order valence-electron chi connectivity index (χ0n) is 15.3. The lowest BCUT2D eigenvalue weighted by Gasteiger charge is -2.23. The summed E-state index contributed by atoms with van der Waals surface area (Å²) in [5, 5.41) is 23.1. The van der Waals surface area contributed by atoms with Crippen LogP contribution in [0.15, 0.2) is 17.1 Å². The van der Waals surface area contributed by atoms with Crippen molar-refractivity contribution in [3.63, 3.8) is 0 Å². The number of aliphatic hydroxyl groups excluding tert-OH is 2. The van der Waals surface area contributed by atoms with Crippen molar-refractivity contribution in [3.05, 3.63) is 22.7 Å². The fraction of sp³-hybridized carbons (Fsp3) is 0.714. The molecule has 5 atom stereocenters. The molecule has 1 aromatic rings. The first-order chi connectivity index (χ1) is 13.5. The molecule has 0 radical (unpaired) electrons. The van der Waals surface area contributed by atoms with Gasteiger partial charge in [-0.05, 0) is 12.5 Å². The summed E-state index contributed by atoms with van der Waals surface area (Å²) in [6.45, 7) is 1.15. The Hall–Kier alpha value is -0.460. The summed E-state index contributed by atoms with van der Waals surface area (Å²) in [4.78, 5) is 15.5. The molecule has 2 heterocycles. The van der Waals surface area contributed by atoms with Crippen LogP contribution in [0.5, 0.6) is 0 Å². The highest BCUT2D eigenvalue weighted by atomic mass is 35.6. The van der Waals surface area contributed by atoms with Gasteiger partial charge in [0.05, 0.1) is 6.61 Å². The minimum Gasteiger partial charge on any atom is -0.387 e. The molecule has 2 rings (SSSR count). The van der Waals surface area contributed by atoms with E-state index in [-0.39, 0.29) is 12.4 Å². The smallest absolute Gasteiger partial charge is 0.387 e. The molecule has 1 fully saturated rings. The number of nitrogens with zero attached hydrogens (tertiary/aromatic N) is 2. The number of nitrogens with one attached hydrogen (secondary N) is 1. The van der Waals surface area contributed by atoms with Gasteiger partial charge in [-0.15, -0.1) is 0 Å². The van der Waals surface area contributed by atoms with E-state index in [1.807, 2.05) is 6.92 Å². The van der Waals surface area contributed by atoms with Gasteiger partial charge in [0.2, 0.25) is 3.79 Å². The normalized spacial score (nSPS) is 27.1. The molecule has 0 saturated carbocycles. The van der Waals surface area contributed by atoms with E-state index in [1.54, 1.807) is 0 Å². The van der Waals surface area contributed by atoms with Gasteiger partial charge in [0.1, 0.15) is 30.7 Å². The Bertz CT molecular complexity index is 793. The second-order valence-electron chi connectivity index (χ2n) is 6.18. The topological polar surface area (TPSA) is 158 Å². The third kappa shape index (κ3) is 7.03. The average molecular weight is 496 g/mol. The molecule has 0 amide bonds. The molecule has 5 N–H and O–H groups in total. The van der Waals surface area contributed by atoms with Crippen LogP contribution in [0.4, 0.5) is 5.82 Å². The molecule has 166 valence electrons. The second-order valence-corrected chi connectivity index (χ2v) is 10.5. The molecule has 1 aliphatic rings. The van der Waals surface area contributed by atoms with E-state index in [1.165, 1.54) is 12.3 Å². The second kappa shape index (κ2) is 10.2. The van der Waals surface area contributed by atoms with Crippen molar-refractivity contribution >= 4 is 48.4 Å². The first kappa shape index (κ1) is 24.8. The molecule has 1 aromatic heterocycles. The summed E-state index contributed by atoms with van der Waals surface area (Å²) < 4.78 is 27.9. The fourth-order valence-corrected chi connectivity index (χ4v) is 4.28. The molecule has 15 heteroatoms. The molecule has 0 bridgehead atoms. The third-order valence-corrected chi connectivity index (χ3v) is 5.72. The first-order valence-electron chi connectivity index (χ1n) is 8.53. The van der Waals surface area contributed by atoms with Gasteiger partial charge in [0.15, 0.2) is 6.23 Å². The van der Waals surface area contributed by atoms with Gasteiger partial charge in [0.25, 0.3) is 0 Å². The van der Waals surface area contributed by atoms with Crippen molar-refractivity contribution in [1.82, 2.24) is 14.6 Å². The molecule has 0 aromatic carbocycles. The van der Waals surface area contributed by atoms with Gasteiger partial charge in [-0.1, -0.05) is 41.7 Å². The quantitative estimate of drug-likeness (QED) is 0.287. The number of anilines is 1. The monoisotopic (exact) mass is 494 g/mol. The van der Waals surface area contributed by atoms with Crippen LogP contribution in [0.3, 0.4) is 0 Å². The summed E-state index contributed by atoms with van der Waals surface area (Å²) >= 11 is 16.8. The maximum Gasteiger partial charge on any atom is 0.405 e. The van der Waals surface area contributed by atoms with Gasteiger partial charge in [-0.3, -0.25) is 13.6 Å². The molecule has 29 heavy (non-hydrogen) atoms. The Morgan fingerprint density at radius 1 is 1.38 bits per heavy atom. The molecule has 1 saturated heterocycles. The minimum absolute atomic E-state index is 0.00629. The van der Waals surface area contributed by atoms with Crippen molar-refractivity contribution in [2.24, 2.45) is 0 Å². The van der Waals surface area contributed by atoms with E-state index in [9.17, 15) is 19.6 Å². The van der Waals surface area contributed by atoms with Crippen LogP contribution in [0, 0.1) is 0 Å². The van der Waals surface area contributed by atoms with Crippen molar-refractivity contribution in [3.8, 4) is 0 Å². The van der Waals surface area contributed by atoms with Crippen molar-refractivity contribution < 1.29 is 28.6 Å². The molecular weight excluding hydrogens is 474 g/mol. The summed E-state index contributed by atoms with van der Waals surface area (Å²) in [5.74, 6) is -0.00629. The SMILES string of the molecule is CCCNP(=O)(OC[C@H]1OC(n2ccc(N)nc2=O)[C@@H](O)[C@@H]1O)OCC(Cl)(Cl)Cl. The van der Waals surface area contributed by atoms with Crippen molar-refractivity contribution in [2.75, 3.05) is 25.5 Å². The molecule has 2 unspecified atom stereocenters. The van der Waals surface area contributed by atoms with Crippen molar-refractivity contribution in [2.45, 2.75) is 41.7 Å². The first-order valence-corrected chi connectivity index (χ1v) is 11.2. The lowest BCUT2D eigenvalue weighted by molar-refractivity contribution is -0.0533. The maximum atomic E-state index is 12.8. The van der Waals surface area contributed by atoms with Crippen LogP contribution in [0.25, 0.3) is 0 Å². The summed E-state index contributed by atoms with van der Waals surface area (Å²) in [5.41, 5.74) is 4.66. The van der Waals surface area contributed by atoms with Crippen LogP contribution in [-0.2, 0) is 18.3 Å². The highest BCUT2D eigenvalue weighted by Gasteiger charge is 2.45. The Kier molecular flexibility index (Phi) is 8.75. The Balaban J connectivity index is 2.07. The van der Waals surface area contributed by atoms with E-state index in [0.717, 1.165) is 4.57 Å². The highest BCUT2D eigenvalue weighted by Crippen LogP contribution is 2.46. The lowest BCUT2D eigenvalue weighted by Crippen LogP contribution is -2.36. The maximum absolute atomic E-state index is 12.8. The summed E-state index contributed by atoms with van der Waals surface area (Å²) in [7, 11) is -3.91. The molecular formula is C14H22Cl3N4O7P. The third-order valence-electron chi connectivity index (χ3n) is 3.83. The predicted molar refractivity (Wildman–Crippen MR) is 107 cm³/mol. The fourth-order valence-electron chi connectivity index (χ4n) is 2.42. The van der Waals surface area contributed by atoms with Gasteiger partial charge in [-0.2, -0.15) is 4.98 Å². The number of ether oxygens (including phenoxy) is 1. The summed E-state index contributed by atoms with van der Waals surface area (Å²) in [6, 6.07) is 1.33. The number of nitrogen functional groups attached to an aromatic ring is 1. The van der Waals surface area contributed by atoms with E-state index >= 15 is 0 Å². The van der Waals surface area contributed by atoms with Crippen LogP contribution in [0.2, 0.25) is 0 Å². The molecule has 11 nitrogen and oxygen atoms in total. The molecule has 1 aliphatic heterocycles. The van der Waals surface area contributed by atoms with E-state index in [0.29, 0.717) is 6.42 Å². The number of aromatic nitrogens is 2. The largest absolute Gasteiger partial charge is 0.405 e. The Morgan fingerprint density at radius 2 is 2.07 bits per heavy atom. The Labute approximate surface area is 181 Å². The predicted octanol–water partition coefficient (Wildman–Crippen LogP) is 0.956. The zero-order valence-corrected chi connectivity index (χ0v) is 18.4. The van der Waals surface area contributed by atoms with Crippen LogP contribution in [-0.4, -0.2) is 61.6 Å². The summed E-state index contributed by atoms with van der Waals surface area (Å²) in [6.07, 6.45) is -3.42. The zero-order chi connectivity index (χ0) is 21.8. The van der Waals surface area contributed by atoms with Crippen LogP contribution < -0.4 is 16.5 Å². The van der Waals surface area contributed by atoms with Gasteiger partial charge < -0.3 is 20.7 Å². The van der Waals surface area contributed by atoms with Crippen LogP contribution in [0.1, 0.15) is 19.6 Å². The van der Waals surface area contributed by atoms with Crippen LogP contribution >= 0.6 is 42.5 Å². The number of nitrogens with two attached hydrogens (primary N) is 1. The highest BCUT2D eigenvalue weighted by molar-refractivity contribution is 7.51. The standard InChI is InChI=1S/C14H22Cl3N4O7P/c1-2-4-19-29(25,27-7-14(15,16)17)26-6-8-10(22)11(23)12(28-8)21-5-3-9(18)20-13(21)24/h3,5,8,10-12,22-23H,2,4,6-7H2,1H3,(H,19,25)(H2,18,20,24)/t8-,10-,11+,12?,29?/m1/s1. The van der Waals surface area contributed by atoms with E-state index < -0.39 is 55.0 Å². The molecule has 0 spiro atoms. The number of hydrogen-bond donors (Lipinski definition) is 4. The number of aliphatic hydroxyl groups is 2. The van der Waals surface area contributed by atoms with Crippen molar-refractivity contribution in [1.29, 1.82) is 0 Å². The number of alkyl halides is 3. The van der Waals surface area contributed by atoms with Gasteiger partial charge in [0, 0.05) is 12.7 Å². The van der Waals surface area contributed by atoms with E-state index in [2.05, 4.69) is 10.1 Å². The molecule has 0 aliphatic carbocycles. The van der Waals surface area contributed by atoms with Gasteiger partial charge >= 0.3 is 13.4 Å². The average Bonchev–Trinajstić information content (AvgIpc) is 2.91. The number of halogens is 3. The number of hydrogen-bond acceptors (Lipinski definition) is 9.